The van der Waals surface area contributed by atoms with E-state index in [0.29, 0.717) is 5.56 Å². The van der Waals surface area contributed by atoms with Crippen molar-refractivity contribution in [2.75, 3.05) is 25.0 Å². The van der Waals surface area contributed by atoms with Gasteiger partial charge in [-0.25, -0.2) is 22.4 Å². The zero-order valence-electron chi connectivity index (χ0n) is 18.6. The number of carbonyl (C=O) groups is 1. The highest BCUT2D eigenvalue weighted by Gasteiger charge is 2.45. The molecule has 1 amide bonds. The van der Waals surface area contributed by atoms with Crippen LogP contribution in [0.4, 0.5) is 28.0 Å². The number of hydrogen-bond acceptors (Lipinski definition) is 6. The normalized spacial score (nSPS) is 22.5. The molecule has 0 spiro atoms. The van der Waals surface area contributed by atoms with Crippen LogP contribution in [0, 0.1) is 0 Å². The number of hydrogen-bond donors (Lipinski definition) is 3. The second kappa shape index (κ2) is 11.0. The number of aliphatic hydroxyl groups excluding tert-OH is 1. The maximum absolute atomic E-state index is 15.1. The van der Waals surface area contributed by atoms with Crippen LogP contribution >= 0.6 is 12.2 Å². The van der Waals surface area contributed by atoms with E-state index in [1.54, 1.807) is 6.08 Å². The van der Waals surface area contributed by atoms with Gasteiger partial charge in [0.1, 0.15) is 28.4 Å². The molecule has 7 nitrogen and oxygen atoms in total. The fourth-order valence-corrected chi connectivity index (χ4v) is 3.77. The van der Waals surface area contributed by atoms with E-state index in [0.717, 1.165) is 11.0 Å². The van der Waals surface area contributed by atoms with Gasteiger partial charge in [-0.15, -0.1) is 0 Å². The molecule has 3 rings (SSSR count). The highest BCUT2D eigenvalue weighted by atomic mass is 32.1. The van der Waals surface area contributed by atoms with Gasteiger partial charge in [-0.05, 0) is 30.7 Å². The number of alkyl halides is 2. The molecular weight excluding hydrogens is 490 g/mol. The number of halogens is 4. The van der Waals surface area contributed by atoms with Gasteiger partial charge >= 0.3 is 6.09 Å². The minimum absolute atomic E-state index is 0.0762. The van der Waals surface area contributed by atoms with Crippen LogP contribution in [0.3, 0.4) is 0 Å². The minimum Gasteiger partial charge on any atom is -0.442 e. The molecule has 1 unspecified atom stereocenters. The Bertz CT molecular complexity index is 1160. The lowest BCUT2D eigenvalue weighted by molar-refractivity contribution is 0.120. The number of amides is 1. The zero-order chi connectivity index (χ0) is 25.8. The first-order valence-electron chi connectivity index (χ1n) is 10.5. The summed E-state index contributed by atoms with van der Waals surface area (Å²) in [6.07, 6.45) is -0.879. The first kappa shape index (κ1) is 26.4. The maximum Gasteiger partial charge on any atom is 0.411 e. The molecular formula is C23H23F4N3O4S. The fourth-order valence-electron chi connectivity index (χ4n) is 3.68. The van der Waals surface area contributed by atoms with E-state index in [-0.39, 0.29) is 25.4 Å². The van der Waals surface area contributed by atoms with Gasteiger partial charge in [-0.2, -0.15) is 0 Å². The quantitative estimate of drug-likeness (QED) is 0.361. The maximum atomic E-state index is 15.1. The van der Waals surface area contributed by atoms with Crippen molar-refractivity contribution in [3.05, 3.63) is 69.6 Å². The molecule has 0 bridgehead atoms. The Morgan fingerprint density at radius 3 is 2.69 bits per heavy atom. The van der Waals surface area contributed by atoms with Gasteiger partial charge in [0.2, 0.25) is 5.43 Å². The molecule has 3 N–H and O–H groups in total. The highest BCUT2D eigenvalue weighted by molar-refractivity contribution is 7.80. The summed E-state index contributed by atoms with van der Waals surface area (Å²) in [5.41, 5.74) is -1.97. The summed E-state index contributed by atoms with van der Waals surface area (Å²) in [6.45, 7) is 0.972. The summed E-state index contributed by atoms with van der Waals surface area (Å²) in [6, 6.07) is 5.62. The Kier molecular flexibility index (Phi) is 8.28. The number of ether oxygens (including phenoxy) is 1. The van der Waals surface area contributed by atoms with Gasteiger partial charge in [-0.1, -0.05) is 36.5 Å². The topological polar surface area (TPSA) is 90.9 Å². The van der Waals surface area contributed by atoms with Gasteiger partial charge in [0.15, 0.2) is 0 Å². The van der Waals surface area contributed by atoms with E-state index < -0.39 is 58.4 Å². The van der Waals surface area contributed by atoms with Crippen molar-refractivity contribution in [1.29, 1.82) is 0 Å². The Balaban J connectivity index is 1.75. The number of anilines is 1. The van der Waals surface area contributed by atoms with Crippen LogP contribution in [0.5, 0.6) is 0 Å². The molecule has 1 aromatic rings. The molecule has 2 aliphatic rings. The van der Waals surface area contributed by atoms with Crippen molar-refractivity contribution in [2.24, 2.45) is 0 Å². The Hall–Kier alpha value is -3.25. The lowest BCUT2D eigenvalue weighted by atomic mass is 9.89. The molecule has 0 saturated carbocycles. The number of carbonyl (C=O) groups excluding carboxylic acids is 1. The Labute approximate surface area is 203 Å². The average Bonchev–Trinajstić information content (AvgIpc) is 3.09. The summed E-state index contributed by atoms with van der Waals surface area (Å²) >= 11 is 4.48. The van der Waals surface area contributed by atoms with Crippen molar-refractivity contribution in [3.8, 4) is 0 Å². The molecule has 1 aliphatic heterocycles. The molecule has 1 aliphatic carbocycles. The first-order chi connectivity index (χ1) is 16.5. The first-order valence-corrected chi connectivity index (χ1v) is 10.9. The molecule has 0 radical (unpaired) electrons. The molecule has 1 saturated heterocycles. The van der Waals surface area contributed by atoms with Crippen molar-refractivity contribution in [2.45, 2.75) is 31.4 Å². The van der Waals surface area contributed by atoms with Crippen LogP contribution in [0.1, 0.15) is 18.9 Å². The zero-order valence-corrected chi connectivity index (χ0v) is 19.4. The third-order valence-electron chi connectivity index (χ3n) is 5.46. The van der Waals surface area contributed by atoms with Crippen molar-refractivity contribution in [1.82, 2.24) is 10.2 Å². The molecule has 1 heterocycles. The molecule has 1 fully saturated rings. The van der Waals surface area contributed by atoms with Crippen LogP contribution < -0.4 is 16.1 Å². The van der Waals surface area contributed by atoms with Gasteiger partial charge < -0.3 is 20.5 Å². The number of allylic oxidation sites excluding steroid dienone is 1. The van der Waals surface area contributed by atoms with Gasteiger partial charge in [0.05, 0.1) is 30.9 Å². The van der Waals surface area contributed by atoms with E-state index in [9.17, 15) is 18.4 Å². The molecule has 2 atom stereocenters. The molecule has 12 heteroatoms. The van der Waals surface area contributed by atoms with Crippen molar-refractivity contribution >= 4 is 35.1 Å². The Morgan fingerprint density at radius 1 is 1.31 bits per heavy atom. The lowest BCUT2D eigenvalue weighted by Crippen LogP contribution is -2.48. The van der Waals surface area contributed by atoms with E-state index in [1.165, 1.54) is 37.3 Å². The number of cyclic esters (lactones) is 1. The molecule has 0 aromatic heterocycles. The minimum atomic E-state index is -2.86. The van der Waals surface area contributed by atoms with Crippen molar-refractivity contribution in [3.63, 3.8) is 0 Å². The molecule has 35 heavy (non-hydrogen) atoms. The average molecular weight is 514 g/mol. The summed E-state index contributed by atoms with van der Waals surface area (Å²) in [7, 11) is 0. The second-order valence-electron chi connectivity index (χ2n) is 8.12. The van der Waals surface area contributed by atoms with E-state index in [2.05, 4.69) is 22.9 Å². The van der Waals surface area contributed by atoms with Crippen LogP contribution in [0.2, 0.25) is 0 Å². The SMILES string of the molecule is CC1(N2C[C@H](CNC(=S)C(F)F)OC2=O)C=C(F)C(Nc2ccc(/C=C/CO)ccc2=O)=C(F)C1. The van der Waals surface area contributed by atoms with Crippen molar-refractivity contribution < 1.29 is 32.2 Å². The van der Waals surface area contributed by atoms with Gasteiger partial charge in [0, 0.05) is 6.42 Å². The van der Waals surface area contributed by atoms with Crippen LogP contribution in [0.15, 0.2) is 58.6 Å². The highest BCUT2D eigenvalue weighted by Crippen LogP contribution is 2.38. The lowest BCUT2D eigenvalue weighted by Gasteiger charge is -2.36. The number of nitrogens with zero attached hydrogens (tertiary/aromatic N) is 1. The number of thiocarbonyl (C=S) groups is 1. The summed E-state index contributed by atoms with van der Waals surface area (Å²) in [5, 5.41) is 13.7. The largest absolute Gasteiger partial charge is 0.442 e. The standard InChI is InChI=1S/C23H23F4N3O4S/c1-23(30-12-14(34-22(30)33)11-28-21(35)20(26)27)9-15(24)19(16(25)10-23)29-17-6-4-13(3-2-8-31)5-7-18(17)32/h2-7,9,14,20,31H,8,10-12H2,1H3,(H,28,35)(H,29,32)/b3-2+/t14-,23?/m0/s1. The predicted molar refractivity (Wildman–Crippen MR) is 126 cm³/mol. The third kappa shape index (κ3) is 6.25. The Morgan fingerprint density at radius 2 is 2.03 bits per heavy atom. The summed E-state index contributed by atoms with van der Waals surface area (Å²) in [5.74, 6) is -1.94. The fraction of sp³-hybridized carbons (Fsp3) is 0.348. The molecule has 1 aromatic carbocycles. The monoisotopic (exact) mass is 513 g/mol. The molecule has 188 valence electrons. The van der Waals surface area contributed by atoms with Crippen LogP contribution in [-0.2, 0) is 4.74 Å². The van der Waals surface area contributed by atoms with Gasteiger partial charge in [-0.3, -0.25) is 9.69 Å². The smallest absolute Gasteiger partial charge is 0.411 e. The van der Waals surface area contributed by atoms with E-state index in [1.807, 2.05) is 0 Å². The second-order valence-corrected chi connectivity index (χ2v) is 8.56. The third-order valence-corrected chi connectivity index (χ3v) is 5.79. The number of aliphatic hydroxyl groups is 1. The summed E-state index contributed by atoms with van der Waals surface area (Å²) in [4.78, 5) is 25.1. The van der Waals surface area contributed by atoms with E-state index in [4.69, 9.17) is 9.84 Å². The predicted octanol–water partition coefficient (Wildman–Crippen LogP) is 3.66. The van der Waals surface area contributed by atoms with Gasteiger partial charge in [0.25, 0.3) is 6.43 Å². The van der Waals surface area contributed by atoms with Crippen LogP contribution in [0.25, 0.3) is 6.08 Å². The summed E-state index contributed by atoms with van der Waals surface area (Å²) < 4.78 is 60.3. The van der Waals surface area contributed by atoms with Crippen LogP contribution in [-0.4, -0.2) is 58.9 Å². The number of nitrogens with one attached hydrogen (secondary N) is 2. The number of rotatable bonds is 8. The van der Waals surface area contributed by atoms with E-state index >= 15 is 8.78 Å².